The van der Waals surface area contributed by atoms with Crippen LogP contribution in [0.1, 0.15) is 29.0 Å². The van der Waals surface area contributed by atoms with E-state index in [1.54, 1.807) is 24.3 Å². The molecule has 0 bridgehead atoms. The topological polar surface area (TPSA) is 90.3 Å². The van der Waals surface area contributed by atoms with Crippen LogP contribution in [0.4, 0.5) is 0 Å². The molecule has 0 unspecified atom stereocenters. The van der Waals surface area contributed by atoms with Crippen LogP contribution in [0.15, 0.2) is 59.4 Å². The van der Waals surface area contributed by atoms with Crippen LogP contribution in [-0.4, -0.2) is 28.3 Å². The number of nitrogens with zero attached hydrogens (tertiary/aromatic N) is 2. The first kappa shape index (κ1) is 18.3. The molecule has 0 saturated carbocycles. The Bertz CT molecular complexity index is 1040. The first-order chi connectivity index (χ1) is 13.0. The van der Waals surface area contributed by atoms with Gasteiger partial charge in [0.15, 0.2) is 12.3 Å². The highest BCUT2D eigenvalue weighted by Crippen LogP contribution is 2.14. The van der Waals surface area contributed by atoms with Crippen molar-refractivity contribution in [2.45, 2.75) is 13.0 Å². The van der Waals surface area contributed by atoms with Gasteiger partial charge < -0.3 is 10.1 Å². The van der Waals surface area contributed by atoms with E-state index < -0.39 is 18.5 Å². The lowest BCUT2D eigenvalue weighted by Gasteiger charge is -2.14. The van der Waals surface area contributed by atoms with E-state index in [1.165, 1.54) is 7.05 Å². The Morgan fingerprint density at radius 1 is 1.07 bits per heavy atom. The molecule has 0 fully saturated rings. The molecule has 0 radical (unpaired) electrons. The fraction of sp³-hybridized carbons (Fsp3) is 0.200. The van der Waals surface area contributed by atoms with Gasteiger partial charge in [-0.3, -0.25) is 9.59 Å². The number of carbonyl (C=O) groups excluding carboxylic acids is 2. The number of amides is 1. The van der Waals surface area contributed by atoms with Gasteiger partial charge in [0.05, 0.1) is 11.4 Å². The predicted molar refractivity (Wildman–Crippen MR) is 100 cm³/mol. The molecular formula is C20H19N3O4. The van der Waals surface area contributed by atoms with Crippen molar-refractivity contribution in [3.05, 3.63) is 76.2 Å². The number of aromatic nitrogens is 2. The smallest absolute Gasteiger partial charge is 0.359 e. The molecule has 1 atom stereocenters. The van der Waals surface area contributed by atoms with Crippen molar-refractivity contribution in [2.75, 3.05) is 6.61 Å². The molecule has 27 heavy (non-hydrogen) atoms. The van der Waals surface area contributed by atoms with Crippen LogP contribution in [0.25, 0.3) is 10.8 Å². The van der Waals surface area contributed by atoms with E-state index in [4.69, 9.17) is 4.74 Å². The van der Waals surface area contributed by atoms with Crippen LogP contribution in [0.2, 0.25) is 0 Å². The summed E-state index contributed by atoms with van der Waals surface area (Å²) >= 11 is 0. The minimum absolute atomic E-state index is 0.00314. The highest BCUT2D eigenvalue weighted by Gasteiger charge is 2.18. The zero-order valence-electron chi connectivity index (χ0n) is 15.0. The Morgan fingerprint density at radius 3 is 2.41 bits per heavy atom. The number of aryl methyl sites for hydroxylation is 1. The molecule has 1 N–H and O–H groups in total. The molecule has 0 aliphatic heterocycles. The molecule has 1 heterocycles. The quantitative estimate of drug-likeness (QED) is 0.698. The highest BCUT2D eigenvalue weighted by molar-refractivity contribution is 6.02. The molecule has 7 heteroatoms. The maximum atomic E-state index is 12.4. The van der Waals surface area contributed by atoms with Crippen LogP contribution in [0.3, 0.4) is 0 Å². The molecule has 0 saturated heterocycles. The van der Waals surface area contributed by atoms with Crippen LogP contribution in [0, 0.1) is 0 Å². The Kier molecular flexibility index (Phi) is 5.30. The molecule has 2 aromatic carbocycles. The van der Waals surface area contributed by atoms with Crippen molar-refractivity contribution in [1.82, 2.24) is 15.1 Å². The summed E-state index contributed by atoms with van der Waals surface area (Å²) in [4.78, 5) is 36.6. The van der Waals surface area contributed by atoms with Crippen molar-refractivity contribution in [1.29, 1.82) is 0 Å². The van der Waals surface area contributed by atoms with Gasteiger partial charge in [0.2, 0.25) is 0 Å². The van der Waals surface area contributed by atoms with Crippen LogP contribution in [0.5, 0.6) is 0 Å². The van der Waals surface area contributed by atoms with Gasteiger partial charge in [0, 0.05) is 12.4 Å². The van der Waals surface area contributed by atoms with Gasteiger partial charge in [-0.15, -0.1) is 0 Å². The van der Waals surface area contributed by atoms with Gasteiger partial charge in [-0.2, -0.15) is 5.10 Å². The lowest BCUT2D eigenvalue weighted by Crippen LogP contribution is -2.31. The number of rotatable bonds is 5. The summed E-state index contributed by atoms with van der Waals surface area (Å²) in [6.45, 7) is 1.41. The number of hydrogen-bond acceptors (Lipinski definition) is 5. The first-order valence-electron chi connectivity index (χ1n) is 8.45. The number of nitrogens with one attached hydrogen (secondary N) is 1. The number of ether oxygens (including phenoxy) is 1. The molecule has 0 aliphatic carbocycles. The summed E-state index contributed by atoms with van der Waals surface area (Å²) in [7, 11) is 1.46. The van der Waals surface area contributed by atoms with Gasteiger partial charge >= 0.3 is 5.97 Å². The van der Waals surface area contributed by atoms with Crippen molar-refractivity contribution in [3.63, 3.8) is 0 Å². The van der Waals surface area contributed by atoms with Crippen molar-refractivity contribution in [2.24, 2.45) is 7.05 Å². The van der Waals surface area contributed by atoms with Crippen LogP contribution >= 0.6 is 0 Å². The molecule has 1 aromatic heterocycles. The maximum Gasteiger partial charge on any atom is 0.359 e. The van der Waals surface area contributed by atoms with Crippen LogP contribution in [-0.2, 0) is 16.6 Å². The number of hydrogen-bond donors (Lipinski definition) is 1. The highest BCUT2D eigenvalue weighted by atomic mass is 16.5. The first-order valence-corrected chi connectivity index (χ1v) is 8.45. The zero-order chi connectivity index (χ0) is 19.4. The molecule has 138 valence electrons. The van der Waals surface area contributed by atoms with E-state index in [0.29, 0.717) is 10.8 Å². The summed E-state index contributed by atoms with van der Waals surface area (Å²) in [5.41, 5.74) is 0.635. The fourth-order valence-electron chi connectivity index (χ4n) is 2.76. The van der Waals surface area contributed by atoms with Crippen molar-refractivity contribution >= 4 is 22.6 Å². The van der Waals surface area contributed by atoms with E-state index in [1.807, 2.05) is 37.3 Å². The van der Waals surface area contributed by atoms with Gasteiger partial charge in [-0.1, -0.05) is 48.5 Å². The van der Waals surface area contributed by atoms with Gasteiger partial charge in [-0.25, -0.2) is 9.48 Å². The Morgan fingerprint density at radius 2 is 1.70 bits per heavy atom. The van der Waals surface area contributed by atoms with Crippen molar-refractivity contribution < 1.29 is 14.3 Å². The molecule has 3 aromatic rings. The normalized spacial score (nSPS) is 11.8. The van der Waals surface area contributed by atoms with Gasteiger partial charge in [-0.05, 0) is 18.6 Å². The molecular weight excluding hydrogens is 346 g/mol. The third kappa shape index (κ3) is 4.03. The Labute approximate surface area is 155 Å². The molecule has 7 nitrogen and oxygen atoms in total. The second-order valence-electron chi connectivity index (χ2n) is 6.10. The standard InChI is InChI=1S/C20H19N3O4/c1-13(14-8-4-3-5-9-14)21-17(24)12-27-20(26)18-15-10-6-7-11-16(15)19(25)23(2)22-18/h3-11,13H,12H2,1-2H3,(H,21,24)/t13-/m1/s1. The van der Waals surface area contributed by atoms with E-state index in [9.17, 15) is 14.4 Å². The average molecular weight is 365 g/mol. The summed E-state index contributed by atoms with van der Waals surface area (Å²) in [5, 5.41) is 7.51. The van der Waals surface area contributed by atoms with Crippen molar-refractivity contribution in [3.8, 4) is 0 Å². The number of carbonyl (C=O) groups is 2. The SMILES string of the molecule is C[C@@H](NC(=O)COC(=O)c1nn(C)c(=O)c2ccccc12)c1ccccc1. The number of esters is 1. The average Bonchev–Trinajstić information content (AvgIpc) is 2.69. The summed E-state index contributed by atoms with van der Waals surface area (Å²) < 4.78 is 6.18. The third-order valence-electron chi connectivity index (χ3n) is 4.16. The predicted octanol–water partition coefficient (Wildman–Crippen LogP) is 1.97. The Balaban J connectivity index is 1.70. The zero-order valence-corrected chi connectivity index (χ0v) is 15.0. The van der Waals surface area contributed by atoms with E-state index >= 15 is 0 Å². The van der Waals surface area contributed by atoms with E-state index in [-0.39, 0.29) is 17.3 Å². The molecule has 1 amide bonds. The molecule has 0 aliphatic rings. The largest absolute Gasteiger partial charge is 0.451 e. The second-order valence-corrected chi connectivity index (χ2v) is 6.10. The summed E-state index contributed by atoms with van der Waals surface area (Å²) in [5.74, 6) is -1.18. The third-order valence-corrected chi connectivity index (χ3v) is 4.16. The van der Waals surface area contributed by atoms with Gasteiger partial charge in [0.1, 0.15) is 0 Å². The second kappa shape index (κ2) is 7.82. The lowest BCUT2D eigenvalue weighted by molar-refractivity contribution is -0.124. The molecule has 3 rings (SSSR count). The fourth-order valence-corrected chi connectivity index (χ4v) is 2.76. The summed E-state index contributed by atoms with van der Waals surface area (Å²) in [6.07, 6.45) is 0. The monoisotopic (exact) mass is 365 g/mol. The number of fused-ring (bicyclic) bond motifs is 1. The lowest BCUT2D eigenvalue weighted by atomic mass is 10.1. The maximum absolute atomic E-state index is 12.4. The minimum atomic E-state index is -0.760. The van der Waals surface area contributed by atoms with E-state index in [0.717, 1.165) is 10.2 Å². The Hall–Kier alpha value is -3.48. The van der Waals surface area contributed by atoms with E-state index in [2.05, 4.69) is 10.4 Å². The minimum Gasteiger partial charge on any atom is -0.451 e. The number of benzene rings is 2. The molecule has 0 spiro atoms. The van der Waals surface area contributed by atoms with Gasteiger partial charge in [0.25, 0.3) is 11.5 Å². The van der Waals surface area contributed by atoms with Crippen LogP contribution < -0.4 is 10.9 Å². The summed E-state index contributed by atoms with van der Waals surface area (Å²) in [6, 6.07) is 15.9.